The number of ether oxygens (including phenoxy) is 1. The number of anilines is 2. The van der Waals surface area contributed by atoms with Gasteiger partial charge >= 0.3 is 6.09 Å². The third-order valence-corrected chi connectivity index (χ3v) is 3.53. The fraction of sp³-hybridized carbons (Fsp3) is 0.188. The second-order valence-electron chi connectivity index (χ2n) is 4.76. The Kier molecular flexibility index (Phi) is 3.29. The van der Waals surface area contributed by atoms with Crippen molar-refractivity contribution >= 4 is 17.5 Å². The van der Waals surface area contributed by atoms with E-state index in [1.807, 2.05) is 36.4 Å². The topological polar surface area (TPSA) is 50.4 Å². The highest BCUT2D eigenvalue weighted by Crippen LogP contribution is 2.36. The van der Waals surface area contributed by atoms with Crippen LogP contribution in [0.1, 0.15) is 17.2 Å². The number of fused-ring (bicyclic) bond motifs is 1. The van der Waals surface area contributed by atoms with Gasteiger partial charge < -0.3 is 10.1 Å². The number of methoxy groups -OCH3 is 1. The molecule has 0 bridgehead atoms. The number of carbonyl (C=O) groups is 1. The Balaban J connectivity index is 1.87. The lowest BCUT2D eigenvalue weighted by Crippen LogP contribution is -2.15. The molecule has 4 nitrogen and oxygen atoms in total. The van der Waals surface area contributed by atoms with Crippen molar-refractivity contribution in [2.45, 2.75) is 12.5 Å². The number of para-hydroxylation sites is 2. The molecular weight excluding hydrogens is 252 g/mol. The van der Waals surface area contributed by atoms with Gasteiger partial charge in [-0.25, -0.2) is 4.79 Å². The number of hydrogen-bond acceptors (Lipinski definition) is 3. The maximum absolute atomic E-state index is 11.4. The van der Waals surface area contributed by atoms with Crippen LogP contribution in [0.4, 0.5) is 16.2 Å². The Morgan fingerprint density at radius 3 is 2.75 bits per heavy atom. The van der Waals surface area contributed by atoms with Crippen LogP contribution in [0.2, 0.25) is 0 Å². The summed E-state index contributed by atoms with van der Waals surface area (Å²) in [7, 11) is 1.36. The van der Waals surface area contributed by atoms with Gasteiger partial charge in [-0.15, -0.1) is 0 Å². The molecule has 1 heterocycles. The molecule has 0 aliphatic carbocycles. The second-order valence-corrected chi connectivity index (χ2v) is 4.76. The minimum absolute atomic E-state index is 0.167. The molecule has 1 atom stereocenters. The van der Waals surface area contributed by atoms with E-state index < -0.39 is 6.09 Å². The Labute approximate surface area is 117 Å². The zero-order valence-electron chi connectivity index (χ0n) is 11.2. The average molecular weight is 268 g/mol. The number of rotatable bonds is 2. The van der Waals surface area contributed by atoms with Crippen LogP contribution in [0.15, 0.2) is 48.5 Å². The molecule has 0 spiro atoms. The van der Waals surface area contributed by atoms with Gasteiger partial charge in [0.2, 0.25) is 0 Å². The van der Waals surface area contributed by atoms with Crippen LogP contribution < -0.4 is 10.6 Å². The average Bonchev–Trinajstić information content (AvgIpc) is 2.91. The highest BCUT2D eigenvalue weighted by atomic mass is 16.5. The molecule has 1 unspecified atom stereocenters. The molecule has 0 aromatic heterocycles. The van der Waals surface area contributed by atoms with E-state index in [1.165, 1.54) is 12.7 Å². The van der Waals surface area contributed by atoms with Crippen molar-refractivity contribution in [3.05, 3.63) is 59.7 Å². The highest BCUT2D eigenvalue weighted by molar-refractivity contribution is 5.86. The van der Waals surface area contributed by atoms with Crippen molar-refractivity contribution in [3.63, 3.8) is 0 Å². The van der Waals surface area contributed by atoms with Crippen LogP contribution in [0.25, 0.3) is 0 Å². The zero-order chi connectivity index (χ0) is 13.9. The van der Waals surface area contributed by atoms with Gasteiger partial charge in [-0.1, -0.05) is 36.4 Å². The van der Waals surface area contributed by atoms with Gasteiger partial charge in [0, 0.05) is 11.4 Å². The molecule has 0 saturated carbocycles. The molecule has 0 fully saturated rings. The Morgan fingerprint density at radius 2 is 1.95 bits per heavy atom. The maximum Gasteiger partial charge on any atom is 0.411 e. The molecule has 1 amide bonds. The lowest BCUT2D eigenvalue weighted by molar-refractivity contribution is 0.187. The van der Waals surface area contributed by atoms with Crippen LogP contribution >= 0.6 is 0 Å². The zero-order valence-corrected chi connectivity index (χ0v) is 11.2. The molecule has 102 valence electrons. The first-order chi connectivity index (χ1) is 9.78. The van der Waals surface area contributed by atoms with E-state index in [-0.39, 0.29) is 6.04 Å². The third kappa shape index (κ3) is 2.32. The molecule has 20 heavy (non-hydrogen) atoms. The summed E-state index contributed by atoms with van der Waals surface area (Å²) in [4.78, 5) is 11.4. The number of nitrogens with one attached hydrogen (secondary N) is 2. The van der Waals surface area contributed by atoms with Gasteiger partial charge in [0.25, 0.3) is 0 Å². The van der Waals surface area contributed by atoms with Gasteiger partial charge in [-0.2, -0.15) is 0 Å². The minimum Gasteiger partial charge on any atom is -0.453 e. The monoisotopic (exact) mass is 268 g/mol. The summed E-state index contributed by atoms with van der Waals surface area (Å²) in [6.45, 7) is 0. The summed E-state index contributed by atoms with van der Waals surface area (Å²) in [6, 6.07) is 16.2. The first kappa shape index (κ1) is 12.5. The van der Waals surface area contributed by atoms with Crippen molar-refractivity contribution < 1.29 is 9.53 Å². The largest absolute Gasteiger partial charge is 0.453 e. The predicted octanol–water partition coefficient (Wildman–Crippen LogP) is 3.57. The van der Waals surface area contributed by atoms with Gasteiger partial charge in [0.1, 0.15) is 0 Å². The van der Waals surface area contributed by atoms with E-state index in [2.05, 4.69) is 27.5 Å². The summed E-state index contributed by atoms with van der Waals surface area (Å²) in [5.41, 5.74) is 4.30. The first-order valence-corrected chi connectivity index (χ1v) is 6.56. The summed E-state index contributed by atoms with van der Waals surface area (Å²) < 4.78 is 4.66. The van der Waals surface area contributed by atoms with E-state index in [4.69, 9.17) is 0 Å². The molecule has 2 aromatic carbocycles. The SMILES string of the molecule is COC(=O)Nc1ccccc1C1Cc2ccccc2N1. The molecule has 4 heteroatoms. The highest BCUT2D eigenvalue weighted by Gasteiger charge is 2.23. The number of benzene rings is 2. The number of carbonyl (C=O) groups excluding carboxylic acids is 1. The molecule has 2 aromatic rings. The van der Waals surface area contributed by atoms with Gasteiger partial charge in [-0.3, -0.25) is 5.32 Å². The molecule has 3 rings (SSSR count). The quantitative estimate of drug-likeness (QED) is 0.875. The van der Waals surface area contributed by atoms with Crippen LogP contribution in [-0.2, 0) is 11.2 Å². The smallest absolute Gasteiger partial charge is 0.411 e. The fourth-order valence-corrected chi connectivity index (χ4v) is 2.56. The summed E-state index contributed by atoms with van der Waals surface area (Å²) >= 11 is 0. The summed E-state index contributed by atoms with van der Waals surface area (Å²) in [5, 5.41) is 6.25. The molecule has 2 N–H and O–H groups in total. The lowest BCUT2D eigenvalue weighted by atomic mass is 10.0. The van der Waals surface area contributed by atoms with Crippen LogP contribution in [-0.4, -0.2) is 13.2 Å². The molecule has 1 aliphatic heterocycles. The number of hydrogen-bond donors (Lipinski definition) is 2. The van der Waals surface area contributed by atoms with E-state index in [1.54, 1.807) is 0 Å². The van der Waals surface area contributed by atoms with Gasteiger partial charge in [-0.05, 0) is 29.7 Å². The van der Waals surface area contributed by atoms with E-state index in [0.29, 0.717) is 0 Å². The van der Waals surface area contributed by atoms with E-state index in [0.717, 1.165) is 23.4 Å². The minimum atomic E-state index is -0.451. The molecular formula is C16H16N2O2. The molecule has 0 radical (unpaired) electrons. The van der Waals surface area contributed by atoms with Crippen LogP contribution in [0, 0.1) is 0 Å². The predicted molar refractivity (Wildman–Crippen MR) is 79.0 cm³/mol. The maximum atomic E-state index is 11.4. The Bertz CT molecular complexity index is 615. The van der Waals surface area contributed by atoms with E-state index >= 15 is 0 Å². The van der Waals surface area contributed by atoms with Crippen molar-refractivity contribution in [1.82, 2.24) is 0 Å². The van der Waals surface area contributed by atoms with Crippen molar-refractivity contribution in [2.75, 3.05) is 17.7 Å². The summed E-state index contributed by atoms with van der Waals surface area (Å²) in [6.07, 6.45) is 0.462. The normalized spacial score (nSPS) is 16.1. The standard InChI is InChI=1S/C16H16N2O2/c1-20-16(19)18-14-9-5-3-7-12(14)15-10-11-6-2-4-8-13(11)17-15/h2-9,15,17H,10H2,1H3,(H,18,19). The first-order valence-electron chi connectivity index (χ1n) is 6.56. The Hall–Kier alpha value is -2.49. The van der Waals surface area contributed by atoms with Gasteiger partial charge in [0.15, 0.2) is 0 Å². The molecule has 0 saturated heterocycles. The molecule has 1 aliphatic rings. The van der Waals surface area contributed by atoms with Crippen molar-refractivity contribution in [3.8, 4) is 0 Å². The second kappa shape index (κ2) is 5.25. The van der Waals surface area contributed by atoms with Crippen LogP contribution in [0.5, 0.6) is 0 Å². The fourth-order valence-electron chi connectivity index (χ4n) is 2.56. The van der Waals surface area contributed by atoms with Crippen LogP contribution in [0.3, 0.4) is 0 Å². The van der Waals surface area contributed by atoms with E-state index in [9.17, 15) is 4.79 Å². The summed E-state index contributed by atoms with van der Waals surface area (Å²) in [5.74, 6) is 0. The van der Waals surface area contributed by atoms with Crippen molar-refractivity contribution in [1.29, 1.82) is 0 Å². The Morgan fingerprint density at radius 1 is 1.20 bits per heavy atom. The number of amides is 1. The van der Waals surface area contributed by atoms with Gasteiger partial charge in [0.05, 0.1) is 13.2 Å². The third-order valence-electron chi connectivity index (χ3n) is 3.53. The van der Waals surface area contributed by atoms with Crippen molar-refractivity contribution in [2.24, 2.45) is 0 Å². The lowest BCUT2D eigenvalue weighted by Gasteiger charge is -2.16.